The summed E-state index contributed by atoms with van der Waals surface area (Å²) in [5.74, 6) is -0.184. The molecule has 1 heterocycles. The van der Waals surface area contributed by atoms with Gasteiger partial charge in [0.05, 0.1) is 0 Å². The Morgan fingerprint density at radius 2 is 2.22 bits per heavy atom. The standard InChI is InChI=1S/C12H17ClN2O2S/c1-8-6-10(7-11(13)15-8)12(16)14-5-4-9(2)18(3)17/h6-7,9H,4-5H2,1-3H3,(H,14,16). The molecule has 2 unspecified atom stereocenters. The molecule has 1 rings (SSSR count). The van der Waals surface area contributed by atoms with Gasteiger partial charge in [-0.15, -0.1) is 0 Å². The number of hydrogen-bond acceptors (Lipinski definition) is 3. The normalized spacial score (nSPS) is 14.0. The van der Waals surface area contributed by atoms with Gasteiger partial charge in [-0.3, -0.25) is 9.00 Å². The van der Waals surface area contributed by atoms with Crippen LogP contribution in [-0.4, -0.2) is 33.2 Å². The highest BCUT2D eigenvalue weighted by Gasteiger charge is 2.10. The third-order valence-electron chi connectivity index (χ3n) is 2.59. The zero-order chi connectivity index (χ0) is 13.7. The third-order valence-corrected chi connectivity index (χ3v) is 4.15. The highest BCUT2D eigenvalue weighted by Crippen LogP contribution is 2.10. The molecule has 0 aliphatic heterocycles. The van der Waals surface area contributed by atoms with E-state index in [1.54, 1.807) is 19.2 Å². The first-order valence-corrected chi connectivity index (χ1v) is 7.64. The topological polar surface area (TPSA) is 59.1 Å². The molecule has 0 aliphatic carbocycles. The lowest BCUT2D eigenvalue weighted by Gasteiger charge is -2.09. The smallest absolute Gasteiger partial charge is 0.251 e. The van der Waals surface area contributed by atoms with Gasteiger partial charge < -0.3 is 5.32 Å². The van der Waals surface area contributed by atoms with Crippen LogP contribution in [0.2, 0.25) is 5.15 Å². The number of nitrogens with one attached hydrogen (secondary N) is 1. The van der Waals surface area contributed by atoms with Gasteiger partial charge in [0.2, 0.25) is 0 Å². The number of hydrogen-bond donors (Lipinski definition) is 1. The van der Waals surface area contributed by atoms with Crippen molar-refractivity contribution in [1.82, 2.24) is 10.3 Å². The summed E-state index contributed by atoms with van der Waals surface area (Å²) < 4.78 is 11.2. The molecule has 0 saturated heterocycles. The molecule has 1 N–H and O–H groups in total. The van der Waals surface area contributed by atoms with Gasteiger partial charge in [-0.05, 0) is 25.5 Å². The Kier molecular flexibility index (Phi) is 5.75. The van der Waals surface area contributed by atoms with E-state index in [0.29, 0.717) is 29.4 Å². The molecule has 100 valence electrons. The number of rotatable bonds is 5. The average molecular weight is 289 g/mol. The van der Waals surface area contributed by atoms with Crippen LogP contribution in [0.25, 0.3) is 0 Å². The van der Waals surface area contributed by atoms with Crippen LogP contribution in [-0.2, 0) is 10.8 Å². The maximum atomic E-state index is 11.8. The van der Waals surface area contributed by atoms with Crippen molar-refractivity contribution in [3.05, 3.63) is 28.5 Å². The number of amides is 1. The molecule has 1 aromatic heterocycles. The predicted octanol–water partition coefficient (Wildman–Crippen LogP) is 1.93. The van der Waals surface area contributed by atoms with Crippen LogP contribution in [0, 0.1) is 6.92 Å². The Morgan fingerprint density at radius 3 is 2.78 bits per heavy atom. The van der Waals surface area contributed by atoms with Gasteiger partial charge >= 0.3 is 0 Å². The lowest BCUT2D eigenvalue weighted by Crippen LogP contribution is -2.27. The van der Waals surface area contributed by atoms with E-state index in [0.717, 1.165) is 0 Å². The Morgan fingerprint density at radius 1 is 1.56 bits per heavy atom. The molecule has 0 saturated carbocycles. The molecule has 0 aliphatic rings. The molecule has 18 heavy (non-hydrogen) atoms. The number of halogens is 1. The third kappa shape index (κ3) is 4.74. The summed E-state index contributed by atoms with van der Waals surface area (Å²) in [5.41, 5.74) is 1.20. The molecule has 0 bridgehead atoms. The van der Waals surface area contributed by atoms with Gasteiger partial charge in [0.25, 0.3) is 5.91 Å². The zero-order valence-corrected chi connectivity index (χ0v) is 12.3. The summed E-state index contributed by atoms with van der Waals surface area (Å²) in [5, 5.41) is 3.16. The summed E-state index contributed by atoms with van der Waals surface area (Å²) >= 11 is 5.79. The van der Waals surface area contributed by atoms with Crippen LogP contribution >= 0.6 is 11.6 Å². The maximum absolute atomic E-state index is 11.8. The van der Waals surface area contributed by atoms with E-state index < -0.39 is 10.8 Å². The first kappa shape index (κ1) is 15.1. The van der Waals surface area contributed by atoms with Gasteiger partial charge in [-0.1, -0.05) is 18.5 Å². The molecule has 4 nitrogen and oxygen atoms in total. The number of carbonyl (C=O) groups is 1. The van der Waals surface area contributed by atoms with Crippen molar-refractivity contribution in [1.29, 1.82) is 0 Å². The Labute approximate surface area is 115 Å². The van der Waals surface area contributed by atoms with Gasteiger partial charge in [-0.2, -0.15) is 0 Å². The fourth-order valence-electron chi connectivity index (χ4n) is 1.42. The van der Waals surface area contributed by atoms with E-state index in [9.17, 15) is 9.00 Å². The minimum atomic E-state index is -0.859. The van der Waals surface area contributed by atoms with Crippen LogP contribution in [0.1, 0.15) is 29.4 Å². The largest absolute Gasteiger partial charge is 0.352 e. The van der Waals surface area contributed by atoms with E-state index >= 15 is 0 Å². The lowest BCUT2D eigenvalue weighted by atomic mass is 10.2. The summed E-state index contributed by atoms with van der Waals surface area (Å²) in [6, 6.07) is 3.22. The SMILES string of the molecule is Cc1cc(C(=O)NCCC(C)S(C)=O)cc(Cl)n1. The molecular formula is C12H17ClN2O2S. The number of pyridine rings is 1. The van der Waals surface area contributed by atoms with Crippen molar-refractivity contribution in [2.45, 2.75) is 25.5 Å². The maximum Gasteiger partial charge on any atom is 0.251 e. The Hall–Kier alpha value is -0.940. The highest BCUT2D eigenvalue weighted by molar-refractivity contribution is 7.84. The van der Waals surface area contributed by atoms with Crippen molar-refractivity contribution in [3.63, 3.8) is 0 Å². The molecule has 6 heteroatoms. The Balaban J connectivity index is 2.53. The van der Waals surface area contributed by atoms with Crippen LogP contribution in [0.15, 0.2) is 12.1 Å². The zero-order valence-electron chi connectivity index (χ0n) is 10.7. The molecule has 0 spiro atoms. The van der Waals surface area contributed by atoms with Crippen LogP contribution < -0.4 is 5.32 Å². The van der Waals surface area contributed by atoms with Crippen LogP contribution in [0.3, 0.4) is 0 Å². The minimum Gasteiger partial charge on any atom is -0.352 e. The lowest BCUT2D eigenvalue weighted by molar-refractivity contribution is 0.0953. The number of nitrogens with zero attached hydrogens (tertiary/aromatic N) is 1. The Bertz CT molecular complexity index is 445. The summed E-state index contributed by atoms with van der Waals surface area (Å²) in [6.07, 6.45) is 2.35. The quantitative estimate of drug-likeness (QED) is 0.842. The summed E-state index contributed by atoms with van der Waals surface area (Å²) in [6.45, 7) is 4.18. The summed E-state index contributed by atoms with van der Waals surface area (Å²) in [7, 11) is -0.859. The molecule has 0 radical (unpaired) electrons. The predicted molar refractivity (Wildman–Crippen MR) is 74.5 cm³/mol. The molecule has 1 aromatic rings. The van der Waals surface area contributed by atoms with Gasteiger partial charge in [0.1, 0.15) is 5.15 Å². The van der Waals surface area contributed by atoms with Crippen molar-refractivity contribution < 1.29 is 9.00 Å². The van der Waals surface area contributed by atoms with Crippen LogP contribution in [0.5, 0.6) is 0 Å². The van der Waals surface area contributed by atoms with Gasteiger partial charge in [0.15, 0.2) is 0 Å². The molecular weight excluding hydrogens is 272 g/mol. The molecule has 1 amide bonds. The number of carbonyl (C=O) groups excluding carboxylic acids is 1. The van der Waals surface area contributed by atoms with E-state index in [2.05, 4.69) is 10.3 Å². The number of aryl methyl sites for hydroxylation is 1. The minimum absolute atomic E-state index is 0.0769. The summed E-state index contributed by atoms with van der Waals surface area (Å²) in [4.78, 5) is 15.8. The van der Waals surface area contributed by atoms with Crippen molar-refractivity contribution in [2.24, 2.45) is 0 Å². The highest BCUT2D eigenvalue weighted by atomic mass is 35.5. The van der Waals surface area contributed by atoms with E-state index in [-0.39, 0.29) is 11.2 Å². The van der Waals surface area contributed by atoms with E-state index in [4.69, 9.17) is 11.6 Å². The fraction of sp³-hybridized carbons (Fsp3) is 0.500. The van der Waals surface area contributed by atoms with Crippen molar-refractivity contribution in [3.8, 4) is 0 Å². The fourth-order valence-corrected chi connectivity index (χ4v) is 2.12. The second-order valence-corrected chi connectivity index (χ2v) is 6.36. The average Bonchev–Trinajstić information content (AvgIpc) is 2.27. The second-order valence-electron chi connectivity index (χ2n) is 4.17. The van der Waals surface area contributed by atoms with Gasteiger partial charge in [0, 0.05) is 40.1 Å². The first-order chi connectivity index (χ1) is 8.40. The monoisotopic (exact) mass is 288 g/mol. The van der Waals surface area contributed by atoms with E-state index in [1.807, 2.05) is 6.92 Å². The molecule has 0 aromatic carbocycles. The number of aromatic nitrogens is 1. The molecule has 2 atom stereocenters. The first-order valence-electron chi connectivity index (χ1n) is 5.64. The second kappa shape index (κ2) is 6.85. The van der Waals surface area contributed by atoms with Crippen molar-refractivity contribution >= 4 is 28.3 Å². The molecule has 0 fully saturated rings. The van der Waals surface area contributed by atoms with Crippen LogP contribution in [0.4, 0.5) is 0 Å². The van der Waals surface area contributed by atoms with E-state index in [1.165, 1.54) is 6.07 Å². The van der Waals surface area contributed by atoms with Gasteiger partial charge in [-0.25, -0.2) is 4.98 Å². The van der Waals surface area contributed by atoms with Crippen molar-refractivity contribution in [2.75, 3.05) is 12.8 Å².